The third-order valence-electron chi connectivity index (χ3n) is 2.12. The van der Waals surface area contributed by atoms with Crippen molar-refractivity contribution >= 4 is 29.3 Å². The van der Waals surface area contributed by atoms with Gasteiger partial charge in [0.15, 0.2) is 0 Å². The van der Waals surface area contributed by atoms with Crippen molar-refractivity contribution < 1.29 is 19.4 Å². The molecule has 0 aromatic carbocycles. The van der Waals surface area contributed by atoms with E-state index in [0.717, 1.165) is 12.5 Å². The monoisotopic (exact) mass is 269 g/mol. The number of ether oxygens (including phenoxy) is 1. The van der Waals surface area contributed by atoms with Crippen molar-refractivity contribution in [2.45, 2.75) is 6.42 Å². The summed E-state index contributed by atoms with van der Waals surface area (Å²) in [5.74, 6) is -1.22. The largest absolute Gasteiger partial charge is 0.478 e. The molecule has 0 unspecified atom stereocenters. The number of thiophene rings is 1. The molecule has 0 radical (unpaired) electrons. The molecular formula is C12H15NO4S. The molecule has 0 spiro atoms. The van der Waals surface area contributed by atoms with Gasteiger partial charge in [-0.3, -0.25) is 4.79 Å². The molecule has 6 heteroatoms. The lowest BCUT2D eigenvalue weighted by Gasteiger charge is -2.03. The summed E-state index contributed by atoms with van der Waals surface area (Å²) in [6.07, 6.45) is 3.18. The number of methoxy groups -OCH3 is 1. The second kappa shape index (κ2) is 7.62. The maximum Gasteiger partial charge on any atom is 0.328 e. The lowest BCUT2D eigenvalue weighted by atomic mass is 10.2. The molecule has 98 valence electrons. The zero-order chi connectivity index (χ0) is 13.4. The maximum absolute atomic E-state index is 11.8. The molecule has 18 heavy (non-hydrogen) atoms. The Balaban J connectivity index is 2.57. The Morgan fingerprint density at radius 3 is 3.00 bits per heavy atom. The van der Waals surface area contributed by atoms with Crippen molar-refractivity contribution in [1.29, 1.82) is 0 Å². The molecule has 2 N–H and O–H groups in total. The van der Waals surface area contributed by atoms with Crippen molar-refractivity contribution in [2.75, 3.05) is 20.3 Å². The van der Waals surface area contributed by atoms with Gasteiger partial charge >= 0.3 is 5.97 Å². The number of carboxylic acid groups (broad SMARTS) is 1. The first kappa shape index (κ1) is 14.4. The van der Waals surface area contributed by atoms with Crippen LogP contribution in [0.1, 0.15) is 21.7 Å². The number of aliphatic carboxylic acids is 1. The van der Waals surface area contributed by atoms with E-state index in [9.17, 15) is 9.59 Å². The minimum absolute atomic E-state index is 0.189. The molecule has 1 heterocycles. The van der Waals surface area contributed by atoms with Gasteiger partial charge in [0.1, 0.15) is 0 Å². The number of rotatable bonds is 7. The Hall–Kier alpha value is -1.66. The summed E-state index contributed by atoms with van der Waals surface area (Å²) in [6, 6.07) is 1.72. The molecule has 1 rings (SSSR count). The lowest BCUT2D eigenvalue weighted by molar-refractivity contribution is -0.131. The van der Waals surface area contributed by atoms with E-state index in [-0.39, 0.29) is 5.91 Å². The third kappa shape index (κ3) is 4.68. The molecular weight excluding hydrogens is 254 g/mol. The average Bonchev–Trinajstić information content (AvgIpc) is 2.80. The second-order valence-electron chi connectivity index (χ2n) is 3.48. The van der Waals surface area contributed by atoms with E-state index in [0.29, 0.717) is 23.6 Å². The van der Waals surface area contributed by atoms with Crippen LogP contribution in [0.25, 0.3) is 6.08 Å². The molecule has 0 fully saturated rings. The van der Waals surface area contributed by atoms with E-state index in [1.165, 1.54) is 17.4 Å². The van der Waals surface area contributed by atoms with Crippen LogP contribution in [0.15, 0.2) is 17.5 Å². The predicted molar refractivity (Wildman–Crippen MR) is 69.8 cm³/mol. The lowest BCUT2D eigenvalue weighted by Crippen LogP contribution is -2.24. The molecule has 1 amide bonds. The highest BCUT2D eigenvalue weighted by atomic mass is 32.1. The summed E-state index contributed by atoms with van der Waals surface area (Å²) in [6.45, 7) is 1.13. The molecule has 5 nitrogen and oxygen atoms in total. The van der Waals surface area contributed by atoms with Gasteiger partial charge in [0.25, 0.3) is 5.91 Å². The SMILES string of the molecule is COCCCNC(=O)c1sccc1/C=C/C(=O)O. The van der Waals surface area contributed by atoms with Crippen molar-refractivity contribution in [1.82, 2.24) is 5.32 Å². The van der Waals surface area contributed by atoms with E-state index in [1.54, 1.807) is 18.6 Å². The number of carboxylic acids is 1. The van der Waals surface area contributed by atoms with Crippen molar-refractivity contribution in [3.63, 3.8) is 0 Å². The fourth-order valence-electron chi connectivity index (χ4n) is 1.29. The summed E-state index contributed by atoms with van der Waals surface area (Å²) >= 11 is 1.29. The standard InChI is InChI=1S/C12H15NO4S/c1-17-7-2-6-13-12(16)11-9(5-8-18-11)3-4-10(14)15/h3-5,8H,2,6-7H2,1H3,(H,13,16)(H,14,15)/b4-3+. The number of hydrogen-bond acceptors (Lipinski definition) is 4. The van der Waals surface area contributed by atoms with Crippen LogP contribution in [-0.4, -0.2) is 37.2 Å². The Morgan fingerprint density at radius 2 is 2.33 bits per heavy atom. The zero-order valence-corrected chi connectivity index (χ0v) is 10.8. The summed E-state index contributed by atoms with van der Waals surface area (Å²) in [5, 5.41) is 13.1. The minimum Gasteiger partial charge on any atom is -0.478 e. The van der Waals surface area contributed by atoms with Gasteiger partial charge in [0, 0.05) is 26.3 Å². The quantitative estimate of drug-likeness (QED) is 0.582. The number of carbonyl (C=O) groups is 2. The van der Waals surface area contributed by atoms with Gasteiger partial charge in [-0.1, -0.05) is 0 Å². The molecule has 0 saturated heterocycles. The summed E-state index contributed by atoms with van der Waals surface area (Å²) in [7, 11) is 1.61. The van der Waals surface area contributed by atoms with Crippen LogP contribution < -0.4 is 5.32 Å². The maximum atomic E-state index is 11.8. The molecule has 0 atom stereocenters. The van der Waals surface area contributed by atoms with Gasteiger partial charge in [-0.05, 0) is 29.5 Å². The topological polar surface area (TPSA) is 75.6 Å². The van der Waals surface area contributed by atoms with Crippen molar-refractivity contribution in [2.24, 2.45) is 0 Å². The Bertz CT molecular complexity index is 439. The van der Waals surface area contributed by atoms with E-state index in [1.807, 2.05) is 0 Å². The average molecular weight is 269 g/mol. The Labute approximate surface area is 109 Å². The van der Waals surface area contributed by atoms with E-state index < -0.39 is 5.97 Å². The van der Waals surface area contributed by atoms with Crippen LogP contribution >= 0.6 is 11.3 Å². The molecule has 0 aliphatic carbocycles. The van der Waals surface area contributed by atoms with Crippen LogP contribution in [-0.2, 0) is 9.53 Å². The first-order valence-corrected chi connectivity index (χ1v) is 6.28. The smallest absolute Gasteiger partial charge is 0.328 e. The molecule has 1 aromatic rings. The first-order valence-electron chi connectivity index (χ1n) is 5.40. The van der Waals surface area contributed by atoms with Gasteiger partial charge in [-0.15, -0.1) is 11.3 Å². The van der Waals surface area contributed by atoms with E-state index in [2.05, 4.69) is 5.32 Å². The summed E-state index contributed by atoms with van der Waals surface area (Å²) in [4.78, 5) is 22.8. The van der Waals surface area contributed by atoms with Crippen molar-refractivity contribution in [3.05, 3.63) is 28.0 Å². The molecule has 0 saturated carbocycles. The van der Waals surface area contributed by atoms with Crippen LogP contribution in [0, 0.1) is 0 Å². The Morgan fingerprint density at radius 1 is 1.56 bits per heavy atom. The minimum atomic E-state index is -1.03. The van der Waals surface area contributed by atoms with Crippen molar-refractivity contribution in [3.8, 4) is 0 Å². The molecule has 1 aromatic heterocycles. The van der Waals surface area contributed by atoms with Gasteiger partial charge in [-0.2, -0.15) is 0 Å². The summed E-state index contributed by atoms with van der Waals surface area (Å²) in [5.41, 5.74) is 0.617. The third-order valence-corrected chi connectivity index (χ3v) is 3.05. The first-order chi connectivity index (χ1) is 8.65. The van der Waals surface area contributed by atoms with Gasteiger partial charge in [-0.25, -0.2) is 4.79 Å². The molecule has 0 aliphatic rings. The normalized spacial score (nSPS) is 10.7. The molecule has 0 aliphatic heterocycles. The van der Waals surface area contributed by atoms with Crippen LogP contribution in [0.2, 0.25) is 0 Å². The number of carbonyl (C=O) groups excluding carboxylic acids is 1. The molecule has 0 bridgehead atoms. The number of nitrogens with one attached hydrogen (secondary N) is 1. The van der Waals surface area contributed by atoms with Gasteiger partial charge < -0.3 is 15.2 Å². The summed E-state index contributed by atoms with van der Waals surface area (Å²) < 4.78 is 4.88. The van der Waals surface area contributed by atoms with Crippen LogP contribution in [0.5, 0.6) is 0 Å². The van der Waals surface area contributed by atoms with Gasteiger partial charge in [0.05, 0.1) is 4.88 Å². The highest BCUT2D eigenvalue weighted by molar-refractivity contribution is 7.12. The highest BCUT2D eigenvalue weighted by Gasteiger charge is 2.10. The van der Waals surface area contributed by atoms with Crippen LogP contribution in [0.3, 0.4) is 0 Å². The fraction of sp³-hybridized carbons (Fsp3) is 0.333. The van der Waals surface area contributed by atoms with Gasteiger partial charge in [0.2, 0.25) is 0 Å². The predicted octanol–water partition coefficient (Wildman–Crippen LogP) is 1.61. The number of hydrogen-bond donors (Lipinski definition) is 2. The highest BCUT2D eigenvalue weighted by Crippen LogP contribution is 2.18. The van der Waals surface area contributed by atoms with E-state index >= 15 is 0 Å². The number of amides is 1. The Kier molecular flexibility index (Phi) is 6.10. The van der Waals surface area contributed by atoms with Crippen LogP contribution in [0.4, 0.5) is 0 Å². The second-order valence-corrected chi connectivity index (χ2v) is 4.40. The zero-order valence-electron chi connectivity index (χ0n) is 10.0. The van der Waals surface area contributed by atoms with E-state index in [4.69, 9.17) is 9.84 Å². The fourth-order valence-corrected chi connectivity index (χ4v) is 2.10.